The summed E-state index contributed by atoms with van der Waals surface area (Å²) in [7, 11) is 0. The molecule has 33 heavy (non-hydrogen) atoms. The summed E-state index contributed by atoms with van der Waals surface area (Å²) in [6.07, 6.45) is 2.75. The maximum atomic E-state index is 13.9. The lowest BCUT2D eigenvalue weighted by atomic mass is 9.85. The maximum Gasteiger partial charge on any atom is 0.344 e. The molecule has 0 amide bonds. The van der Waals surface area contributed by atoms with Gasteiger partial charge in [0.2, 0.25) is 0 Å². The van der Waals surface area contributed by atoms with E-state index in [1.807, 2.05) is 0 Å². The Labute approximate surface area is 182 Å². The van der Waals surface area contributed by atoms with Gasteiger partial charge in [0.25, 0.3) is 0 Å². The number of rotatable bonds is 3. The molecule has 164 valence electrons. The minimum atomic E-state index is -1.42. The third-order valence-electron chi connectivity index (χ3n) is 5.34. The second-order valence-electron chi connectivity index (χ2n) is 7.30. The van der Waals surface area contributed by atoms with Crippen molar-refractivity contribution in [2.24, 2.45) is 0 Å². The zero-order chi connectivity index (χ0) is 23.3. The number of hydrogen-bond acceptors (Lipinski definition) is 7. The molecule has 0 aliphatic carbocycles. The molecule has 0 unspecified atom stereocenters. The van der Waals surface area contributed by atoms with Gasteiger partial charge in [-0.1, -0.05) is 6.07 Å². The van der Waals surface area contributed by atoms with Crippen molar-refractivity contribution >= 4 is 21.9 Å². The molecule has 2 aromatic carbocycles. The van der Waals surface area contributed by atoms with E-state index in [2.05, 4.69) is 4.98 Å². The Morgan fingerprint density at radius 3 is 1.76 bits per heavy atom. The number of aromatic nitrogens is 1. The fourth-order valence-electron chi connectivity index (χ4n) is 3.88. The third-order valence-corrected chi connectivity index (χ3v) is 5.34. The number of halogens is 2. The molecule has 3 aromatic heterocycles. The van der Waals surface area contributed by atoms with Crippen LogP contribution in [0.25, 0.3) is 21.9 Å². The van der Waals surface area contributed by atoms with Crippen LogP contribution in [0.1, 0.15) is 22.6 Å². The van der Waals surface area contributed by atoms with Gasteiger partial charge in [-0.05, 0) is 48.0 Å². The van der Waals surface area contributed by atoms with Crippen molar-refractivity contribution in [2.45, 2.75) is 5.92 Å². The highest BCUT2D eigenvalue weighted by Crippen LogP contribution is 2.41. The Hall–Kier alpha value is -4.53. The summed E-state index contributed by atoms with van der Waals surface area (Å²) >= 11 is 0. The van der Waals surface area contributed by atoms with E-state index in [0.29, 0.717) is 0 Å². The first-order chi connectivity index (χ1) is 15.8. The molecule has 0 saturated carbocycles. The van der Waals surface area contributed by atoms with E-state index < -0.39 is 51.4 Å². The number of hydrogen-bond donors (Lipinski definition) is 2. The van der Waals surface area contributed by atoms with E-state index in [9.17, 15) is 28.6 Å². The van der Waals surface area contributed by atoms with Gasteiger partial charge in [0.15, 0.2) is 0 Å². The molecule has 0 aliphatic heterocycles. The Balaban J connectivity index is 1.91. The first-order valence-electron chi connectivity index (χ1n) is 9.65. The van der Waals surface area contributed by atoms with Gasteiger partial charge < -0.3 is 19.0 Å². The van der Waals surface area contributed by atoms with Gasteiger partial charge in [0, 0.05) is 12.4 Å². The van der Waals surface area contributed by atoms with Crippen LogP contribution in [0.3, 0.4) is 0 Å². The van der Waals surface area contributed by atoms with Crippen molar-refractivity contribution in [3.63, 3.8) is 0 Å². The Kier molecular flexibility index (Phi) is 4.67. The van der Waals surface area contributed by atoms with Gasteiger partial charge in [0.1, 0.15) is 34.3 Å². The summed E-state index contributed by atoms with van der Waals surface area (Å²) in [6, 6.07) is 9.42. The lowest BCUT2D eigenvalue weighted by Crippen LogP contribution is -2.21. The Morgan fingerprint density at radius 1 is 0.788 bits per heavy atom. The van der Waals surface area contributed by atoms with E-state index >= 15 is 0 Å². The van der Waals surface area contributed by atoms with Gasteiger partial charge >= 0.3 is 11.3 Å². The highest BCUT2D eigenvalue weighted by Gasteiger charge is 2.32. The molecule has 0 bridgehead atoms. The van der Waals surface area contributed by atoms with Crippen LogP contribution in [0.5, 0.6) is 11.5 Å². The van der Waals surface area contributed by atoms with Crippen LogP contribution in [0, 0.1) is 11.6 Å². The predicted molar refractivity (Wildman–Crippen MR) is 113 cm³/mol. The topological polar surface area (TPSA) is 114 Å². The standard InChI is InChI=1S/C24H13F2NO6/c25-12-3-5-16-14(8-12)21(28)19(23(30)32-16)18(11-2-1-7-27-10-11)20-22(29)15-9-13(26)4-6-17(15)33-24(20)31/h1-10,18,28-29H. The number of fused-ring (bicyclic) bond motifs is 2. The summed E-state index contributed by atoms with van der Waals surface area (Å²) < 4.78 is 38.2. The summed E-state index contributed by atoms with van der Waals surface area (Å²) in [6.45, 7) is 0. The van der Waals surface area contributed by atoms with Crippen LogP contribution in [0.15, 0.2) is 79.3 Å². The molecule has 0 spiro atoms. The van der Waals surface area contributed by atoms with Crippen LogP contribution in [0.2, 0.25) is 0 Å². The van der Waals surface area contributed by atoms with Crippen molar-refractivity contribution in [3.8, 4) is 11.5 Å². The highest BCUT2D eigenvalue weighted by atomic mass is 19.1. The second kappa shape index (κ2) is 7.56. The first-order valence-corrected chi connectivity index (χ1v) is 9.65. The lowest BCUT2D eigenvalue weighted by molar-refractivity contribution is 0.440. The molecule has 0 radical (unpaired) electrons. The molecule has 2 N–H and O–H groups in total. The zero-order valence-corrected chi connectivity index (χ0v) is 16.6. The quantitative estimate of drug-likeness (QED) is 0.398. The molecule has 0 saturated heterocycles. The van der Waals surface area contributed by atoms with Gasteiger partial charge in [-0.25, -0.2) is 18.4 Å². The smallest absolute Gasteiger partial charge is 0.344 e. The average molecular weight is 449 g/mol. The minimum absolute atomic E-state index is 0.0792. The summed E-state index contributed by atoms with van der Waals surface area (Å²) in [5.74, 6) is -4.11. The molecule has 5 rings (SSSR count). The molecule has 5 aromatic rings. The molecule has 0 atom stereocenters. The van der Waals surface area contributed by atoms with Crippen molar-refractivity contribution in [2.75, 3.05) is 0 Å². The second-order valence-corrected chi connectivity index (χ2v) is 7.30. The molecular formula is C24H13F2NO6. The first kappa shape index (κ1) is 20.4. The van der Waals surface area contributed by atoms with Crippen LogP contribution >= 0.6 is 0 Å². The van der Waals surface area contributed by atoms with Crippen molar-refractivity contribution < 1.29 is 27.8 Å². The van der Waals surface area contributed by atoms with Gasteiger partial charge in [-0.15, -0.1) is 0 Å². The molecule has 0 fully saturated rings. The van der Waals surface area contributed by atoms with Crippen LogP contribution in [0.4, 0.5) is 8.78 Å². The van der Waals surface area contributed by atoms with E-state index in [1.54, 1.807) is 0 Å². The van der Waals surface area contributed by atoms with Crippen LogP contribution in [-0.2, 0) is 0 Å². The molecule has 3 heterocycles. The minimum Gasteiger partial charge on any atom is -0.507 e. The SMILES string of the molecule is O=c1oc2ccc(F)cc2c(O)c1C(c1cccnc1)c1c(O)c2cc(F)ccc2oc1=O. The Morgan fingerprint density at radius 2 is 1.30 bits per heavy atom. The molecule has 7 nitrogen and oxygen atoms in total. The summed E-state index contributed by atoms with van der Waals surface area (Å²) in [5.41, 5.74) is -2.89. The predicted octanol–water partition coefficient (Wildman–Crippen LogP) is 4.16. The number of nitrogens with zero attached hydrogens (tertiary/aromatic N) is 1. The van der Waals surface area contributed by atoms with E-state index in [4.69, 9.17) is 8.83 Å². The number of aromatic hydroxyl groups is 2. The van der Waals surface area contributed by atoms with E-state index in [1.165, 1.54) is 36.7 Å². The van der Waals surface area contributed by atoms with Crippen molar-refractivity contribution in [3.05, 3.63) is 110 Å². The van der Waals surface area contributed by atoms with Gasteiger partial charge in [0.05, 0.1) is 27.8 Å². The number of benzene rings is 2. The van der Waals surface area contributed by atoms with Crippen LogP contribution < -0.4 is 11.3 Å². The maximum absolute atomic E-state index is 13.9. The fraction of sp³-hybridized carbons (Fsp3) is 0.0417. The molecule has 9 heteroatoms. The Bertz CT molecular complexity index is 1550. The van der Waals surface area contributed by atoms with E-state index in [0.717, 1.165) is 24.3 Å². The van der Waals surface area contributed by atoms with Crippen LogP contribution in [-0.4, -0.2) is 15.2 Å². The monoisotopic (exact) mass is 449 g/mol. The third kappa shape index (κ3) is 3.30. The van der Waals surface area contributed by atoms with Crippen molar-refractivity contribution in [1.82, 2.24) is 4.98 Å². The molecular weight excluding hydrogens is 436 g/mol. The van der Waals surface area contributed by atoms with Gasteiger partial charge in [-0.2, -0.15) is 0 Å². The fourth-order valence-corrected chi connectivity index (χ4v) is 3.88. The average Bonchev–Trinajstić information content (AvgIpc) is 2.80. The summed E-state index contributed by atoms with van der Waals surface area (Å²) in [4.78, 5) is 29.9. The lowest BCUT2D eigenvalue weighted by Gasteiger charge is -2.19. The molecule has 0 aliphatic rings. The highest BCUT2D eigenvalue weighted by molar-refractivity contribution is 5.87. The number of pyridine rings is 1. The van der Waals surface area contributed by atoms with Gasteiger partial charge in [-0.3, -0.25) is 4.98 Å². The zero-order valence-electron chi connectivity index (χ0n) is 16.6. The van der Waals surface area contributed by atoms with Crippen molar-refractivity contribution in [1.29, 1.82) is 0 Å². The summed E-state index contributed by atoms with van der Waals surface area (Å²) in [5, 5.41) is 21.7. The van der Waals surface area contributed by atoms with E-state index in [-0.39, 0.29) is 27.5 Å². The normalized spacial score (nSPS) is 11.5. The largest absolute Gasteiger partial charge is 0.507 e.